The molecule has 7 heteroatoms. The summed E-state index contributed by atoms with van der Waals surface area (Å²) in [5.74, 6) is -0.759. The van der Waals surface area contributed by atoms with Crippen LogP contribution in [0.15, 0.2) is 0 Å². The molecule has 7 nitrogen and oxygen atoms in total. The monoisotopic (exact) mass is 274 g/mol. The van der Waals surface area contributed by atoms with Gasteiger partial charge in [0, 0.05) is 12.6 Å². The highest BCUT2D eigenvalue weighted by Crippen LogP contribution is 2.01. The number of hydrogen-bond acceptors (Lipinski definition) is 5. The van der Waals surface area contributed by atoms with E-state index >= 15 is 0 Å². The molecule has 0 aromatic rings. The van der Waals surface area contributed by atoms with Gasteiger partial charge in [0.05, 0.1) is 13.2 Å². The molecule has 0 spiro atoms. The highest BCUT2D eigenvalue weighted by molar-refractivity contribution is 5.88. The minimum absolute atomic E-state index is 0.0820. The lowest BCUT2D eigenvalue weighted by Gasteiger charge is -2.22. The SMILES string of the molecule is COC[C@@H](OC(=O)NC(C)(C)C)C(=O)NCC(C)=O. The Kier molecular flexibility index (Phi) is 7.06. The van der Waals surface area contributed by atoms with Crippen molar-refractivity contribution in [3.05, 3.63) is 0 Å². The predicted molar refractivity (Wildman–Crippen MR) is 68.7 cm³/mol. The van der Waals surface area contributed by atoms with Crippen molar-refractivity contribution < 1.29 is 23.9 Å². The van der Waals surface area contributed by atoms with Crippen molar-refractivity contribution >= 4 is 17.8 Å². The summed E-state index contributed by atoms with van der Waals surface area (Å²) in [4.78, 5) is 34.0. The number of nitrogens with one attached hydrogen (secondary N) is 2. The van der Waals surface area contributed by atoms with E-state index in [0.29, 0.717) is 0 Å². The van der Waals surface area contributed by atoms with Crippen molar-refractivity contribution in [2.24, 2.45) is 0 Å². The average molecular weight is 274 g/mol. The average Bonchev–Trinajstić information content (AvgIpc) is 2.22. The fraction of sp³-hybridized carbons (Fsp3) is 0.750. The molecule has 1 atom stereocenters. The Bertz CT molecular complexity index is 336. The molecule has 0 aromatic carbocycles. The molecule has 0 rings (SSSR count). The smallest absolute Gasteiger partial charge is 0.408 e. The van der Waals surface area contributed by atoms with Gasteiger partial charge in [0.2, 0.25) is 6.10 Å². The van der Waals surface area contributed by atoms with Crippen molar-refractivity contribution in [3.8, 4) is 0 Å². The van der Waals surface area contributed by atoms with Gasteiger partial charge in [-0.3, -0.25) is 9.59 Å². The first-order valence-electron chi connectivity index (χ1n) is 5.90. The molecule has 0 unspecified atom stereocenters. The van der Waals surface area contributed by atoms with E-state index in [1.807, 2.05) is 0 Å². The van der Waals surface area contributed by atoms with Crippen LogP contribution >= 0.6 is 0 Å². The normalized spacial score (nSPS) is 12.5. The van der Waals surface area contributed by atoms with E-state index in [1.165, 1.54) is 14.0 Å². The van der Waals surface area contributed by atoms with Gasteiger partial charge in [0.25, 0.3) is 5.91 Å². The first-order valence-corrected chi connectivity index (χ1v) is 5.90. The highest BCUT2D eigenvalue weighted by Gasteiger charge is 2.25. The Morgan fingerprint density at radius 2 is 1.79 bits per heavy atom. The summed E-state index contributed by atoms with van der Waals surface area (Å²) in [6.45, 7) is 6.52. The van der Waals surface area contributed by atoms with Gasteiger partial charge in [-0.1, -0.05) is 0 Å². The van der Waals surface area contributed by atoms with E-state index in [4.69, 9.17) is 9.47 Å². The van der Waals surface area contributed by atoms with Gasteiger partial charge in [-0.05, 0) is 27.7 Å². The fourth-order valence-corrected chi connectivity index (χ4v) is 1.10. The molecule has 19 heavy (non-hydrogen) atoms. The van der Waals surface area contributed by atoms with E-state index in [0.717, 1.165) is 0 Å². The van der Waals surface area contributed by atoms with Crippen molar-refractivity contribution in [2.45, 2.75) is 39.3 Å². The third kappa shape index (κ3) is 9.01. The second-order valence-electron chi connectivity index (χ2n) is 5.14. The summed E-state index contributed by atoms with van der Waals surface area (Å²) in [6, 6.07) is 0. The van der Waals surface area contributed by atoms with Crippen LogP contribution in [0.3, 0.4) is 0 Å². The van der Waals surface area contributed by atoms with Crippen LogP contribution in [-0.4, -0.2) is 49.7 Å². The molecular weight excluding hydrogens is 252 g/mol. The van der Waals surface area contributed by atoms with Gasteiger partial charge in [-0.25, -0.2) is 4.79 Å². The lowest BCUT2D eigenvalue weighted by atomic mass is 10.1. The number of ketones is 1. The second kappa shape index (κ2) is 7.73. The molecule has 0 radical (unpaired) electrons. The van der Waals surface area contributed by atoms with Crippen LogP contribution < -0.4 is 10.6 Å². The number of hydrogen-bond donors (Lipinski definition) is 2. The molecule has 0 heterocycles. The summed E-state index contributed by atoms with van der Waals surface area (Å²) >= 11 is 0. The zero-order valence-electron chi connectivity index (χ0n) is 12.0. The molecule has 2 amide bonds. The van der Waals surface area contributed by atoms with Crippen molar-refractivity contribution in [1.29, 1.82) is 0 Å². The molecule has 0 aliphatic carbocycles. The Balaban J connectivity index is 4.43. The fourth-order valence-electron chi connectivity index (χ4n) is 1.10. The maximum absolute atomic E-state index is 11.7. The first kappa shape index (κ1) is 17.4. The zero-order valence-corrected chi connectivity index (χ0v) is 12.0. The molecule has 2 N–H and O–H groups in total. The van der Waals surface area contributed by atoms with Crippen molar-refractivity contribution in [2.75, 3.05) is 20.3 Å². The van der Waals surface area contributed by atoms with E-state index in [9.17, 15) is 14.4 Å². The number of alkyl carbamates (subject to hydrolysis) is 1. The number of ether oxygens (including phenoxy) is 2. The van der Waals surface area contributed by atoms with E-state index in [1.54, 1.807) is 20.8 Å². The van der Waals surface area contributed by atoms with E-state index in [-0.39, 0.29) is 18.9 Å². The summed E-state index contributed by atoms with van der Waals surface area (Å²) in [7, 11) is 1.39. The molecular formula is C12H22N2O5. The first-order chi connectivity index (χ1) is 8.65. The summed E-state index contributed by atoms with van der Waals surface area (Å²) in [5, 5.41) is 4.93. The summed E-state index contributed by atoms with van der Waals surface area (Å²) in [5.41, 5.74) is -0.468. The lowest BCUT2D eigenvalue weighted by molar-refractivity contribution is -0.133. The number of rotatable bonds is 6. The van der Waals surface area contributed by atoms with E-state index in [2.05, 4.69) is 10.6 Å². The summed E-state index contributed by atoms with van der Waals surface area (Å²) in [6.07, 6.45) is -1.81. The molecule has 0 fully saturated rings. The second-order valence-corrected chi connectivity index (χ2v) is 5.14. The number of amides is 2. The Morgan fingerprint density at radius 1 is 1.21 bits per heavy atom. The molecule has 0 aliphatic heterocycles. The van der Waals surface area contributed by atoms with Crippen LogP contribution in [-0.2, 0) is 19.1 Å². The predicted octanol–water partition coefficient (Wildman–Crippen LogP) is 0.231. The van der Waals surface area contributed by atoms with Crippen molar-refractivity contribution in [3.63, 3.8) is 0 Å². The Morgan fingerprint density at radius 3 is 2.21 bits per heavy atom. The standard InChI is InChI=1S/C12H22N2O5/c1-8(15)6-13-10(16)9(7-18-5)19-11(17)14-12(2,3)4/h9H,6-7H2,1-5H3,(H,13,16)(H,14,17)/t9-/m1/s1. The van der Waals surface area contributed by atoms with Gasteiger partial charge in [0.1, 0.15) is 5.78 Å². The van der Waals surface area contributed by atoms with Gasteiger partial charge in [-0.2, -0.15) is 0 Å². The minimum Gasteiger partial charge on any atom is -0.434 e. The third-order valence-electron chi connectivity index (χ3n) is 1.85. The lowest BCUT2D eigenvalue weighted by Crippen LogP contribution is -2.47. The number of Topliss-reactive ketones (excluding diaryl/α,β-unsaturated/α-hetero) is 1. The number of carbonyl (C=O) groups excluding carboxylic acids is 3. The molecule has 0 bridgehead atoms. The van der Waals surface area contributed by atoms with Crippen LogP contribution in [0.5, 0.6) is 0 Å². The topological polar surface area (TPSA) is 93.7 Å². The Labute approximate surface area is 113 Å². The summed E-state index contributed by atoms with van der Waals surface area (Å²) < 4.78 is 9.77. The molecule has 0 saturated heterocycles. The largest absolute Gasteiger partial charge is 0.434 e. The molecule has 0 saturated carbocycles. The van der Waals surface area contributed by atoms with Crippen LogP contribution in [0.4, 0.5) is 4.79 Å². The van der Waals surface area contributed by atoms with Crippen molar-refractivity contribution in [1.82, 2.24) is 10.6 Å². The van der Waals surface area contributed by atoms with Crippen LogP contribution in [0.25, 0.3) is 0 Å². The number of methoxy groups -OCH3 is 1. The van der Waals surface area contributed by atoms with Gasteiger partial charge < -0.3 is 20.1 Å². The zero-order chi connectivity index (χ0) is 15.1. The van der Waals surface area contributed by atoms with Crippen LogP contribution in [0, 0.1) is 0 Å². The minimum atomic E-state index is -1.09. The Hall–Kier alpha value is -1.63. The molecule has 110 valence electrons. The van der Waals surface area contributed by atoms with Crippen LogP contribution in [0.1, 0.15) is 27.7 Å². The van der Waals surface area contributed by atoms with Crippen LogP contribution in [0.2, 0.25) is 0 Å². The number of carbonyl (C=O) groups is 3. The van der Waals surface area contributed by atoms with Gasteiger partial charge >= 0.3 is 6.09 Å². The highest BCUT2D eigenvalue weighted by atomic mass is 16.6. The third-order valence-corrected chi connectivity index (χ3v) is 1.85. The molecule has 0 aliphatic rings. The maximum Gasteiger partial charge on any atom is 0.408 e. The molecule has 0 aromatic heterocycles. The quantitative estimate of drug-likeness (QED) is 0.723. The maximum atomic E-state index is 11.7. The van der Waals surface area contributed by atoms with E-state index < -0.39 is 23.6 Å². The van der Waals surface area contributed by atoms with Gasteiger partial charge in [-0.15, -0.1) is 0 Å². The van der Waals surface area contributed by atoms with Gasteiger partial charge in [0.15, 0.2) is 0 Å².